The van der Waals surface area contributed by atoms with Gasteiger partial charge in [0.2, 0.25) is 0 Å². The molecular formula is C14H24N2O. The smallest absolute Gasteiger partial charge is 0.0466 e. The predicted molar refractivity (Wildman–Crippen MR) is 71.1 cm³/mol. The molecule has 1 atom stereocenters. The average molecular weight is 236 g/mol. The van der Waals surface area contributed by atoms with Crippen molar-refractivity contribution in [3.8, 4) is 0 Å². The lowest BCUT2D eigenvalue weighted by molar-refractivity contribution is 0.141. The molecule has 96 valence electrons. The lowest BCUT2D eigenvalue weighted by atomic mass is 10.0. The van der Waals surface area contributed by atoms with Crippen LogP contribution >= 0.6 is 0 Å². The van der Waals surface area contributed by atoms with Crippen molar-refractivity contribution in [1.82, 2.24) is 10.3 Å². The Kier molecular flexibility index (Phi) is 6.82. The van der Waals surface area contributed by atoms with Gasteiger partial charge in [-0.3, -0.25) is 4.98 Å². The molecule has 1 N–H and O–H groups in total. The van der Waals surface area contributed by atoms with Gasteiger partial charge in [-0.15, -0.1) is 0 Å². The van der Waals surface area contributed by atoms with Crippen LogP contribution in [0.3, 0.4) is 0 Å². The number of hydrogen-bond donors (Lipinski definition) is 1. The molecule has 0 fully saturated rings. The molecule has 0 aromatic carbocycles. The SMILES string of the molecule is CCNC(CCCOCC)c1ccc(C)nc1. The van der Waals surface area contributed by atoms with Crippen molar-refractivity contribution in [2.24, 2.45) is 0 Å². The van der Waals surface area contributed by atoms with E-state index >= 15 is 0 Å². The van der Waals surface area contributed by atoms with Gasteiger partial charge in [0.25, 0.3) is 0 Å². The van der Waals surface area contributed by atoms with Gasteiger partial charge in [0.15, 0.2) is 0 Å². The molecule has 0 aliphatic rings. The molecule has 0 spiro atoms. The van der Waals surface area contributed by atoms with Gasteiger partial charge in [0.1, 0.15) is 0 Å². The second-order valence-electron chi connectivity index (χ2n) is 4.18. The number of aromatic nitrogens is 1. The fourth-order valence-electron chi connectivity index (χ4n) is 1.85. The molecule has 0 aliphatic heterocycles. The van der Waals surface area contributed by atoms with Gasteiger partial charge >= 0.3 is 0 Å². The first-order valence-electron chi connectivity index (χ1n) is 6.51. The molecule has 1 heterocycles. The summed E-state index contributed by atoms with van der Waals surface area (Å²) in [6.07, 6.45) is 4.15. The molecule has 3 heteroatoms. The summed E-state index contributed by atoms with van der Waals surface area (Å²) >= 11 is 0. The van der Waals surface area contributed by atoms with Gasteiger partial charge < -0.3 is 10.1 Å². The Hall–Kier alpha value is -0.930. The van der Waals surface area contributed by atoms with E-state index in [9.17, 15) is 0 Å². The summed E-state index contributed by atoms with van der Waals surface area (Å²) < 4.78 is 5.37. The minimum Gasteiger partial charge on any atom is -0.382 e. The third-order valence-corrected chi connectivity index (χ3v) is 2.77. The van der Waals surface area contributed by atoms with Gasteiger partial charge in [0.05, 0.1) is 0 Å². The van der Waals surface area contributed by atoms with Crippen molar-refractivity contribution >= 4 is 0 Å². The maximum absolute atomic E-state index is 5.37. The average Bonchev–Trinajstić information content (AvgIpc) is 2.34. The minimum absolute atomic E-state index is 0.397. The number of ether oxygens (including phenoxy) is 1. The summed E-state index contributed by atoms with van der Waals surface area (Å²) in [7, 11) is 0. The highest BCUT2D eigenvalue weighted by Gasteiger charge is 2.09. The third-order valence-electron chi connectivity index (χ3n) is 2.77. The summed E-state index contributed by atoms with van der Waals surface area (Å²) in [5.41, 5.74) is 2.34. The largest absolute Gasteiger partial charge is 0.382 e. The second kappa shape index (κ2) is 8.20. The van der Waals surface area contributed by atoms with E-state index in [1.165, 1.54) is 5.56 Å². The van der Waals surface area contributed by atoms with Crippen LogP contribution in [0.2, 0.25) is 0 Å². The van der Waals surface area contributed by atoms with Crippen molar-refractivity contribution in [3.05, 3.63) is 29.6 Å². The van der Waals surface area contributed by atoms with Crippen molar-refractivity contribution in [1.29, 1.82) is 0 Å². The normalized spacial score (nSPS) is 12.6. The molecule has 0 amide bonds. The third kappa shape index (κ3) is 5.29. The summed E-state index contributed by atoms with van der Waals surface area (Å²) in [4.78, 5) is 4.36. The molecule has 17 heavy (non-hydrogen) atoms. The van der Waals surface area contributed by atoms with Gasteiger partial charge in [-0.25, -0.2) is 0 Å². The Labute approximate surface area is 105 Å². The number of nitrogens with zero attached hydrogens (tertiary/aromatic N) is 1. The van der Waals surface area contributed by atoms with Crippen LogP contribution in [0.4, 0.5) is 0 Å². The fourth-order valence-corrected chi connectivity index (χ4v) is 1.85. The van der Waals surface area contributed by atoms with E-state index in [-0.39, 0.29) is 0 Å². The number of hydrogen-bond acceptors (Lipinski definition) is 3. The summed E-state index contributed by atoms with van der Waals surface area (Å²) in [6.45, 7) is 8.81. The quantitative estimate of drug-likeness (QED) is 0.705. The molecule has 1 unspecified atom stereocenters. The van der Waals surface area contributed by atoms with E-state index in [0.29, 0.717) is 6.04 Å². The van der Waals surface area contributed by atoms with Crippen LogP contribution in [0.25, 0.3) is 0 Å². The first-order chi connectivity index (χ1) is 8.27. The second-order valence-corrected chi connectivity index (χ2v) is 4.18. The minimum atomic E-state index is 0.397. The van der Waals surface area contributed by atoms with E-state index in [4.69, 9.17) is 4.74 Å². The van der Waals surface area contributed by atoms with Gasteiger partial charge in [-0.2, -0.15) is 0 Å². The van der Waals surface area contributed by atoms with E-state index < -0.39 is 0 Å². The van der Waals surface area contributed by atoms with E-state index in [2.05, 4.69) is 29.4 Å². The summed E-state index contributed by atoms with van der Waals surface area (Å²) in [5.74, 6) is 0. The zero-order valence-electron chi connectivity index (χ0n) is 11.2. The van der Waals surface area contributed by atoms with Crippen molar-refractivity contribution < 1.29 is 4.74 Å². The zero-order valence-corrected chi connectivity index (χ0v) is 11.2. The van der Waals surface area contributed by atoms with Crippen LogP contribution in [-0.4, -0.2) is 24.7 Å². The topological polar surface area (TPSA) is 34.1 Å². The number of rotatable bonds is 8. The number of aryl methyl sites for hydroxylation is 1. The molecule has 0 saturated heterocycles. The van der Waals surface area contributed by atoms with Crippen LogP contribution in [-0.2, 0) is 4.74 Å². The Morgan fingerprint density at radius 2 is 2.18 bits per heavy atom. The molecule has 0 saturated carbocycles. The Balaban J connectivity index is 2.49. The maximum Gasteiger partial charge on any atom is 0.0466 e. The van der Waals surface area contributed by atoms with Crippen LogP contribution < -0.4 is 5.32 Å². The molecule has 1 rings (SSSR count). The zero-order chi connectivity index (χ0) is 12.5. The van der Waals surface area contributed by atoms with Crippen LogP contribution in [0, 0.1) is 6.92 Å². The predicted octanol–water partition coefficient (Wildman–Crippen LogP) is 2.86. The maximum atomic E-state index is 5.37. The van der Waals surface area contributed by atoms with E-state index in [1.54, 1.807) is 0 Å². The molecular weight excluding hydrogens is 212 g/mol. The number of nitrogens with one attached hydrogen (secondary N) is 1. The Bertz CT molecular complexity index is 298. The van der Waals surface area contributed by atoms with Crippen molar-refractivity contribution in [2.75, 3.05) is 19.8 Å². The monoisotopic (exact) mass is 236 g/mol. The first kappa shape index (κ1) is 14.1. The Morgan fingerprint density at radius 1 is 1.35 bits per heavy atom. The summed E-state index contributed by atoms with van der Waals surface area (Å²) in [5, 5.41) is 3.50. The first-order valence-corrected chi connectivity index (χ1v) is 6.51. The molecule has 1 aromatic rings. The van der Waals surface area contributed by atoms with Gasteiger partial charge in [-0.05, 0) is 44.9 Å². The fraction of sp³-hybridized carbons (Fsp3) is 0.643. The van der Waals surface area contributed by atoms with E-state index in [1.807, 2.05) is 20.0 Å². The molecule has 3 nitrogen and oxygen atoms in total. The lowest BCUT2D eigenvalue weighted by Crippen LogP contribution is -2.21. The van der Waals surface area contributed by atoms with Gasteiger partial charge in [-0.1, -0.05) is 13.0 Å². The standard InChI is InChI=1S/C14H24N2O/c1-4-15-14(7-6-10-17-5-2)13-9-8-12(3)16-11-13/h8-9,11,14-15H,4-7,10H2,1-3H3. The van der Waals surface area contributed by atoms with Crippen LogP contribution in [0.15, 0.2) is 18.3 Å². The van der Waals surface area contributed by atoms with Crippen LogP contribution in [0.1, 0.15) is 44.0 Å². The van der Waals surface area contributed by atoms with Crippen molar-refractivity contribution in [3.63, 3.8) is 0 Å². The Morgan fingerprint density at radius 3 is 2.76 bits per heavy atom. The summed E-state index contributed by atoms with van der Waals surface area (Å²) in [6, 6.07) is 4.63. The van der Waals surface area contributed by atoms with Gasteiger partial charge in [0, 0.05) is 31.1 Å². The number of pyridine rings is 1. The highest BCUT2D eigenvalue weighted by Crippen LogP contribution is 2.17. The highest BCUT2D eigenvalue weighted by molar-refractivity contribution is 5.17. The molecule has 0 bridgehead atoms. The molecule has 1 aromatic heterocycles. The highest BCUT2D eigenvalue weighted by atomic mass is 16.5. The van der Waals surface area contributed by atoms with E-state index in [0.717, 1.165) is 38.3 Å². The van der Waals surface area contributed by atoms with Crippen LogP contribution in [0.5, 0.6) is 0 Å². The van der Waals surface area contributed by atoms with Crippen molar-refractivity contribution in [2.45, 2.75) is 39.7 Å². The molecule has 0 aliphatic carbocycles. The lowest BCUT2D eigenvalue weighted by Gasteiger charge is -2.18. The molecule has 0 radical (unpaired) electrons.